The molecule has 2 amide bonds. The molecular formula is C15H18FN3O4. The molecule has 1 aromatic rings. The number of carbonyl (C=O) groups excluding carboxylic acids is 2. The van der Waals surface area contributed by atoms with Crippen molar-refractivity contribution in [2.45, 2.75) is 6.54 Å². The first kappa shape index (κ1) is 16.9. The van der Waals surface area contributed by atoms with Crippen LogP contribution in [0.1, 0.15) is 5.56 Å². The third-order valence-electron chi connectivity index (χ3n) is 3.46. The molecule has 0 radical (unpaired) electrons. The quantitative estimate of drug-likeness (QED) is 0.748. The van der Waals surface area contributed by atoms with Crippen molar-refractivity contribution in [1.29, 1.82) is 0 Å². The molecule has 1 saturated heterocycles. The fourth-order valence-electron chi connectivity index (χ4n) is 2.35. The lowest BCUT2D eigenvalue weighted by Crippen LogP contribution is -2.52. The van der Waals surface area contributed by atoms with Crippen LogP contribution in [0.15, 0.2) is 24.3 Å². The zero-order valence-electron chi connectivity index (χ0n) is 12.5. The summed E-state index contributed by atoms with van der Waals surface area (Å²) in [6.07, 6.45) is 0. The van der Waals surface area contributed by atoms with Crippen LogP contribution in [0.3, 0.4) is 0 Å². The van der Waals surface area contributed by atoms with E-state index in [0.717, 1.165) is 0 Å². The highest BCUT2D eigenvalue weighted by molar-refractivity contribution is 5.84. The van der Waals surface area contributed by atoms with Gasteiger partial charge in [0.2, 0.25) is 11.8 Å². The largest absolute Gasteiger partial charge is 0.480 e. The minimum absolute atomic E-state index is 0.0210. The van der Waals surface area contributed by atoms with Crippen molar-refractivity contribution in [3.05, 3.63) is 35.6 Å². The highest BCUT2D eigenvalue weighted by Crippen LogP contribution is 2.11. The summed E-state index contributed by atoms with van der Waals surface area (Å²) in [6, 6.07) is 6.08. The van der Waals surface area contributed by atoms with Crippen LogP contribution in [0.25, 0.3) is 0 Å². The van der Waals surface area contributed by atoms with Crippen molar-refractivity contribution in [1.82, 2.24) is 15.1 Å². The lowest BCUT2D eigenvalue weighted by molar-refractivity contribution is -0.140. The maximum atomic E-state index is 13.2. The van der Waals surface area contributed by atoms with Crippen LogP contribution < -0.4 is 5.32 Å². The monoisotopic (exact) mass is 323 g/mol. The Hall–Kier alpha value is -2.48. The Kier molecular flexibility index (Phi) is 5.64. The van der Waals surface area contributed by atoms with Crippen LogP contribution in [0.5, 0.6) is 0 Å². The number of hydrogen-bond acceptors (Lipinski definition) is 4. The summed E-state index contributed by atoms with van der Waals surface area (Å²) in [4.78, 5) is 37.3. The average Bonchev–Trinajstić information content (AvgIpc) is 2.48. The summed E-state index contributed by atoms with van der Waals surface area (Å²) in [5.74, 6) is -2.04. The van der Waals surface area contributed by atoms with Crippen molar-refractivity contribution in [2.75, 3.05) is 32.7 Å². The van der Waals surface area contributed by atoms with E-state index < -0.39 is 18.4 Å². The summed E-state index contributed by atoms with van der Waals surface area (Å²) in [5.41, 5.74) is 0.714. The summed E-state index contributed by atoms with van der Waals surface area (Å²) in [7, 11) is 0. The van der Waals surface area contributed by atoms with Gasteiger partial charge < -0.3 is 15.3 Å². The number of halogens is 1. The highest BCUT2D eigenvalue weighted by Gasteiger charge is 2.25. The number of carboxylic acid groups (broad SMARTS) is 1. The van der Waals surface area contributed by atoms with E-state index in [2.05, 4.69) is 5.32 Å². The molecule has 0 atom stereocenters. The van der Waals surface area contributed by atoms with Crippen LogP contribution in [0, 0.1) is 5.82 Å². The van der Waals surface area contributed by atoms with Crippen LogP contribution in [-0.2, 0) is 20.9 Å². The molecule has 23 heavy (non-hydrogen) atoms. The first-order chi connectivity index (χ1) is 10.9. The Morgan fingerprint density at radius 2 is 2.09 bits per heavy atom. The van der Waals surface area contributed by atoms with Crippen molar-refractivity contribution < 1.29 is 23.9 Å². The zero-order chi connectivity index (χ0) is 16.8. The number of nitrogens with one attached hydrogen (secondary N) is 1. The number of nitrogens with zero attached hydrogens (tertiary/aromatic N) is 2. The lowest BCUT2D eigenvalue weighted by atomic mass is 10.2. The van der Waals surface area contributed by atoms with Gasteiger partial charge in [0.05, 0.1) is 13.1 Å². The van der Waals surface area contributed by atoms with E-state index in [9.17, 15) is 18.8 Å². The van der Waals surface area contributed by atoms with Gasteiger partial charge in [0.1, 0.15) is 12.4 Å². The minimum atomic E-state index is -1.12. The van der Waals surface area contributed by atoms with Gasteiger partial charge in [-0.05, 0) is 17.7 Å². The molecule has 0 saturated carbocycles. The van der Waals surface area contributed by atoms with Crippen LogP contribution >= 0.6 is 0 Å². The Morgan fingerprint density at radius 3 is 2.74 bits per heavy atom. The molecule has 0 aromatic heterocycles. The summed E-state index contributed by atoms with van der Waals surface area (Å²) in [6.45, 7) is 0.883. The van der Waals surface area contributed by atoms with E-state index >= 15 is 0 Å². The fraction of sp³-hybridized carbons (Fsp3) is 0.400. The second-order valence-electron chi connectivity index (χ2n) is 5.33. The Bertz CT molecular complexity index is 608. The van der Waals surface area contributed by atoms with Gasteiger partial charge in [-0.25, -0.2) is 4.39 Å². The Balaban J connectivity index is 1.81. The van der Waals surface area contributed by atoms with Gasteiger partial charge in [0.15, 0.2) is 0 Å². The number of carboxylic acids is 1. The van der Waals surface area contributed by atoms with Crippen molar-refractivity contribution in [3.63, 3.8) is 0 Å². The summed E-state index contributed by atoms with van der Waals surface area (Å²) < 4.78 is 13.2. The van der Waals surface area contributed by atoms with Crippen LogP contribution in [0.4, 0.5) is 4.39 Å². The molecule has 2 rings (SSSR count). The minimum Gasteiger partial charge on any atom is -0.480 e. The van der Waals surface area contributed by atoms with E-state index in [1.165, 1.54) is 12.1 Å². The second-order valence-corrected chi connectivity index (χ2v) is 5.33. The van der Waals surface area contributed by atoms with Gasteiger partial charge in [0.25, 0.3) is 0 Å². The molecule has 1 heterocycles. The normalized spacial score (nSPS) is 15.5. The molecule has 0 unspecified atom stereocenters. The molecular weight excluding hydrogens is 305 g/mol. The lowest BCUT2D eigenvalue weighted by Gasteiger charge is -2.34. The van der Waals surface area contributed by atoms with Gasteiger partial charge in [-0.3, -0.25) is 19.3 Å². The number of piperazine rings is 1. The SMILES string of the molecule is O=C(O)CNC(=O)CN1CCN(Cc2cccc(F)c2)C(=O)C1. The maximum absolute atomic E-state index is 13.2. The third-order valence-corrected chi connectivity index (χ3v) is 3.46. The molecule has 0 bridgehead atoms. The molecule has 0 spiro atoms. The average molecular weight is 323 g/mol. The second kappa shape index (κ2) is 7.68. The predicted molar refractivity (Wildman–Crippen MR) is 78.9 cm³/mol. The topological polar surface area (TPSA) is 89.9 Å². The molecule has 124 valence electrons. The van der Waals surface area contributed by atoms with E-state index in [4.69, 9.17) is 5.11 Å². The molecule has 8 heteroatoms. The number of amides is 2. The smallest absolute Gasteiger partial charge is 0.322 e. The van der Waals surface area contributed by atoms with Crippen LogP contribution in [-0.4, -0.2) is 65.4 Å². The summed E-state index contributed by atoms with van der Waals surface area (Å²) in [5, 5.41) is 10.7. The van der Waals surface area contributed by atoms with Crippen molar-refractivity contribution in [3.8, 4) is 0 Å². The van der Waals surface area contributed by atoms with E-state index in [0.29, 0.717) is 25.2 Å². The molecule has 1 aliphatic heterocycles. The van der Waals surface area contributed by atoms with Crippen LogP contribution in [0.2, 0.25) is 0 Å². The van der Waals surface area contributed by atoms with E-state index in [1.807, 2.05) is 0 Å². The van der Waals surface area contributed by atoms with Gasteiger partial charge in [-0.2, -0.15) is 0 Å². The molecule has 0 aliphatic carbocycles. The number of aliphatic carboxylic acids is 1. The first-order valence-electron chi connectivity index (χ1n) is 7.17. The van der Waals surface area contributed by atoms with Crippen molar-refractivity contribution >= 4 is 17.8 Å². The number of hydrogen-bond donors (Lipinski definition) is 2. The van der Waals surface area contributed by atoms with Gasteiger partial charge >= 0.3 is 5.97 Å². The summed E-state index contributed by atoms with van der Waals surface area (Å²) >= 11 is 0. The Morgan fingerprint density at radius 1 is 1.30 bits per heavy atom. The highest BCUT2D eigenvalue weighted by atomic mass is 19.1. The van der Waals surface area contributed by atoms with Gasteiger partial charge in [-0.1, -0.05) is 12.1 Å². The molecule has 7 nitrogen and oxygen atoms in total. The van der Waals surface area contributed by atoms with Gasteiger partial charge in [-0.15, -0.1) is 0 Å². The third kappa shape index (κ3) is 5.33. The Labute approximate surface area is 132 Å². The molecule has 1 aliphatic rings. The first-order valence-corrected chi connectivity index (χ1v) is 7.17. The number of rotatable bonds is 6. The number of carbonyl (C=O) groups is 3. The molecule has 2 N–H and O–H groups in total. The maximum Gasteiger partial charge on any atom is 0.322 e. The molecule has 1 fully saturated rings. The van der Waals surface area contributed by atoms with E-state index in [-0.39, 0.29) is 24.8 Å². The number of benzene rings is 1. The van der Waals surface area contributed by atoms with Crippen molar-refractivity contribution in [2.24, 2.45) is 0 Å². The predicted octanol–water partition coefficient (Wildman–Crippen LogP) is -0.329. The van der Waals surface area contributed by atoms with Gasteiger partial charge in [0, 0.05) is 19.6 Å². The zero-order valence-corrected chi connectivity index (χ0v) is 12.5. The molecule has 1 aromatic carbocycles. The standard InChI is InChI=1S/C15H18FN3O4/c16-12-3-1-2-11(6-12)8-19-5-4-18(10-14(19)21)9-13(20)17-7-15(22)23/h1-3,6H,4-5,7-10H2,(H,17,20)(H,22,23). The fourth-order valence-corrected chi connectivity index (χ4v) is 2.35. The van der Waals surface area contributed by atoms with E-state index in [1.54, 1.807) is 21.9 Å².